The van der Waals surface area contributed by atoms with Crippen LogP contribution in [-0.2, 0) is 19.6 Å². The predicted molar refractivity (Wildman–Crippen MR) is 112 cm³/mol. The highest BCUT2D eigenvalue weighted by Gasteiger charge is 2.23. The summed E-state index contributed by atoms with van der Waals surface area (Å²) in [6, 6.07) is 5.13. The number of ether oxygens (including phenoxy) is 1. The first-order chi connectivity index (χ1) is 13.8. The number of sulfonamides is 1. The van der Waals surface area contributed by atoms with E-state index in [1.165, 1.54) is 12.1 Å². The lowest BCUT2D eigenvalue weighted by molar-refractivity contribution is -0.139. The molecule has 1 aromatic carbocycles. The molecule has 1 rings (SSSR count). The van der Waals surface area contributed by atoms with Crippen molar-refractivity contribution in [3.63, 3.8) is 0 Å². The zero-order valence-corrected chi connectivity index (χ0v) is 18.4. The molecule has 0 aromatic heterocycles. The van der Waals surface area contributed by atoms with Gasteiger partial charge in [0.05, 0.1) is 4.90 Å². The van der Waals surface area contributed by atoms with Gasteiger partial charge < -0.3 is 20.5 Å². The van der Waals surface area contributed by atoms with Gasteiger partial charge in [0.15, 0.2) is 0 Å². The first kappa shape index (κ1) is 25.2. The fraction of sp³-hybridized carbons (Fsp3) is 0.526. The number of carboxylic acids is 1. The Balaban J connectivity index is 2.39. The van der Waals surface area contributed by atoms with Gasteiger partial charge in [0.2, 0.25) is 5.96 Å². The van der Waals surface area contributed by atoms with Gasteiger partial charge in [0.1, 0.15) is 11.6 Å². The van der Waals surface area contributed by atoms with Gasteiger partial charge in [-0.05, 0) is 59.1 Å². The van der Waals surface area contributed by atoms with Crippen molar-refractivity contribution in [2.24, 2.45) is 0 Å². The zero-order valence-electron chi connectivity index (χ0n) is 17.6. The van der Waals surface area contributed by atoms with Gasteiger partial charge in [-0.3, -0.25) is 5.41 Å². The van der Waals surface area contributed by atoms with E-state index in [2.05, 4.69) is 15.4 Å². The molecule has 1 atom stereocenters. The van der Waals surface area contributed by atoms with Crippen molar-refractivity contribution in [2.45, 2.75) is 63.5 Å². The lowest BCUT2D eigenvalue weighted by atomic mass is 10.1. The van der Waals surface area contributed by atoms with Crippen LogP contribution in [0.25, 0.3) is 0 Å². The second-order valence-electron chi connectivity index (χ2n) is 7.75. The zero-order chi connectivity index (χ0) is 22.9. The van der Waals surface area contributed by atoms with Crippen LogP contribution in [-0.4, -0.2) is 49.7 Å². The Kier molecular flexibility index (Phi) is 9.09. The molecule has 0 radical (unpaired) electrons. The molecule has 10 nitrogen and oxygen atoms in total. The fourth-order valence-corrected chi connectivity index (χ4v) is 3.29. The Morgan fingerprint density at radius 1 is 1.17 bits per heavy atom. The molecule has 11 heteroatoms. The molecule has 0 aliphatic carbocycles. The average Bonchev–Trinajstić information content (AvgIpc) is 2.58. The summed E-state index contributed by atoms with van der Waals surface area (Å²) in [7, 11) is -3.85. The van der Waals surface area contributed by atoms with Crippen molar-refractivity contribution in [1.82, 2.24) is 15.4 Å². The quantitative estimate of drug-likeness (QED) is 0.222. The molecular weight excluding hydrogens is 412 g/mol. The number of alkyl carbamates (subject to hydrolysis) is 1. The Morgan fingerprint density at radius 2 is 1.77 bits per heavy atom. The number of carboxylic acid groups (broad SMARTS) is 1. The summed E-state index contributed by atoms with van der Waals surface area (Å²) < 4.78 is 31.6. The van der Waals surface area contributed by atoms with Crippen LogP contribution in [0.4, 0.5) is 4.79 Å². The average molecular weight is 443 g/mol. The lowest BCUT2D eigenvalue weighted by Crippen LogP contribution is -2.43. The molecule has 0 saturated carbocycles. The second kappa shape index (κ2) is 10.8. The maximum absolute atomic E-state index is 12.2. The van der Waals surface area contributed by atoms with Gasteiger partial charge in [0.25, 0.3) is 10.0 Å². The molecule has 0 unspecified atom stereocenters. The second-order valence-corrected chi connectivity index (χ2v) is 9.44. The standard InChI is InChI=1S/C19H30N4O6S/c1-13-8-10-14(11-9-13)30(27,28)23-17(20)21-12-6-5-7-15(16(24)25)22-18(26)29-19(2,3)4/h8-11,15H,5-7,12H2,1-4H3,(H,22,26)(H,24,25)(H3,20,21,23)/t15-/m0/s1. The van der Waals surface area contributed by atoms with E-state index in [0.717, 1.165) is 5.56 Å². The first-order valence-electron chi connectivity index (χ1n) is 9.44. The van der Waals surface area contributed by atoms with E-state index in [-0.39, 0.29) is 23.8 Å². The minimum Gasteiger partial charge on any atom is -0.480 e. The SMILES string of the molecule is Cc1ccc(S(=O)(=O)NC(=N)NCCCC[C@H](NC(=O)OC(C)(C)C)C(=O)O)cc1. The summed E-state index contributed by atoms with van der Waals surface area (Å²) in [6.45, 7) is 7.13. The van der Waals surface area contributed by atoms with Crippen LogP contribution in [0.5, 0.6) is 0 Å². The molecule has 0 spiro atoms. The highest BCUT2D eigenvalue weighted by Crippen LogP contribution is 2.10. The van der Waals surface area contributed by atoms with Crippen LogP contribution in [0.3, 0.4) is 0 Å². The van der Waals surface area contributed by atoms with E-state index in [1.54, 1.807) is 32.9 Å². The number of rotatable bonds is 9. The highest BCUT2D eigenvalue weighted by molar-refractivity contribution is 7.90. The van der Waals surface area contributed by atoms with Crippen LogP contribution in [0.15, 0.2) is 29.2 Å². The minimum absolute atomic E-state index is 0.0529. The number of hydrogen-bond donors (Lipinski definition) is 5. The van der Waals surface area contributed by atoms with Gasteiger partial charge in [-0.1, -0.05) is 17.7 Å². The normalized spacial score (nSPS) is 12.5. The van der Waals surface area contributed by atoms with Gasteiger partial charge in [-0.15, -0.1) is 0 Å². The van der Waals surface area contributed by atoms with Crippen LogP contribution < -0.4 is 15.4 Å². The molecule has 0 aliphatic heterocycles. The molecular formula is C19H30N4O6S. The number of aliphatic carboxylic acids is 1. The molecule has 0 saturated heterocycles. The summed E-state index contributed by atoms with van der Waals surface area (Å²) in [4.78, 5) is 23.1. The molecule has 0 heterocycles. The molecule has 168 valence electrons. The first-order valence-corrected chi connectivity index (χ1v) is 10.9. The van der Waals surface area contributed by atoms with Gasteiger partial charge in [-0.2, -0.15) is 0 Å². The topological polar surface area (TPSA) is 158 Å². The van der Waals surface area contributed by atoms with E-state index in [4.69, 9.17) is 10.1 Å². The number of carbonyl (C=O) groups excluding carboxylic acids is 1. The maximum Gasteiger partial charge on any atom is 0.408 e. The molecule has 0 bridgehead atoms. The Labute approximate surface area is 177 Å². The Hall–Kier alpha value is -2.82. The maximum atomic E-state index is 12.2. The van der Waals surface area contributed by atoms with Crippen LogP contribution in [0.1, 0.15) is 45.6 Å². The monoisotopic (exact) mass is 442 g/mol. The highest BCUT2D eigenvalue weighted by atomic mass is 32.2. The molecule has 0 fully saturated rings. The van der Waals surface area contributed by atoms with Crippen molar-refractivity contribution in [3.05, 3.63) is 29.8 Å². The number of aryl methyl sites for hydroxylation is 1. The van der Waals surface area contributed by atoms with E-state index >= 15 is 0 Å². The van der Waals surface area contributed by atoms with Crippen LogP contribution >= 0.6 is 0 Å². The summed E-state index contributed by atoms with van der Waals surface area (Å²) in [5, 5.41) is 21.9. The number of amides is 1. The molecule has 5 N–H and O–H groups in total. The van der Waals surface area contributed by atoms with E-state index in [9.17, 15) is 23.1 Å². The third-order valence-corrected chi connectivity index (χ3v) is 5.14. The number of hydrogen-bond acceptors (Lipinski definition) is 6. The molecule has 0 aliphatic rings. The van der Waals surface area contributed by atoms with Gasteiger partial charge in [0, 0.05) is 6.54 Å². The number of guanidine groups is 1. The van der Waals surface area contributed by atoms with Crippen molar-refractivity contribution >= 4 is 28.0 Å². The van der Waals surface area contributed by atoms with Crippen LogP contribution in [0.2, 0.25) is 0 Å². The Bertz CT molecular complexity index is 847. The van der Waals surface area contributed by atoms with Gasteiger partial charge >= 0.3 is 12.1 Å². The number of benzene rings is 1. The third-order valence-electron chi connectivity index (χ3n) is 3.78. The van der Waals surface area contributed by atoms with E-state index in [1.807, 2.05) is 6.92 Å². The summed E-state index contributed by atoms with van der Waals surface area (Å²) >= 11 is 0. The van der Waals surface area contributed by atoms with E-state index in [0.29, 0.717) is 12.8 Å². The van der Waals surface area contributed by atoms with Gasteiger partial charge in [-0.25, -0.2) is 22.7 Å². The molecule has 1 aromatic rings. The fourth-order valence-electron chi connectivity index (χ4n) is 2.34. The molecule has 1 amide bonds. The Morgan fingerprint density at radius 3 is 2.30 bits per heavy atom. The lowest BCUT2D eigenvalue weighted by Gasteiger charge is -2.22. The van der Waals surface area contributed by atoms with Crippen LogP contribution in [0, 0.1) is 12.3 Å². The van der Waals surface area contributed by atoms with Crippen molar-refractivity contribution < 1.29 is 27.9 Å². The number of carbonyl (C=O) groups is 2. The molecule has 30 heavy (non-hydrogen) atoms. The smallest absolute Gasteiger partial charge is 0.408 e. The largest absolute Gasteiger partial charge is 0.480 e. The number of nitrogens with one attached hydrogen (secondary N) is 4. The van der Waals surface area contributed by atoms with Crippen molar-refractivity contribution in [1.29, 1.82) is 5.41 Å². The number of unbranched alkanes of at least 4 members (excludes halogenated alkanes) is 1. The van der Waals surface area contributed by atoms with E-state index < -0.39 is 33.7 Å². The summed E-state index contributed by atoms with van der Waals surface area (Å²) in [5.41, 5.74) is 0.187. The minimum atomic E-state index is -3.85. The van der Waals surface area contributed by atoms with Crippen molar-refractivity contribution in [2.75, 3.05) is 6.54 Å². The summed E-state index contributed by atoms with van der Waals surface area (Å²) in [5.74, 6) is -1.55. The van der Waals surface area contributed by atoms with Crippen molar-refractivity contribution in [3.8, 4) is 0 Å². The third kappa shape index (κ3) is 9.59. The summed E-state index contributed by atoms with van der Waals surface area (Å²) in [6.07, 6.45) is 0.255. The predicted octanol–water partition coefficient (Wildman–Crippen LogP) is 1.95.